The van der Waals surface area contributed by atoms with Gasteiger partial charge in [0.05, 0.1) is 17.7 Å². The summed E-state index contributed by atoms with van der Waals surface area (Å²) in [5, 5.41) is 3.81. The van der Waals surface area contributed by atoms with E-state index in [1.165, 1.54) is 12.0 Å². The third-order valence-corrected chi connectivity index (χ3v) is 2.42. The summed E-state index contributed by atoms with van der Waals surface area (Å²) >= 11 is 11.0. The Morgan fingerprint density at radius 3 is 3.08 bits per heavy atom. The van der Waals surface area contributed by atoms with Gasteiger partial charge in [0.1, 0.15) is 0 Å². The molecule has 0 radical (unpaired) electrons. The summed E-state index contributed by atoms with van der Waals surface area (Å²) in [6.07, 6.45) is 2.58. The summed E-state index contributed by atoms with van der Waals surface area (Å²) < 4.78 is 5.49. The van der Waals surface area contributed by atoms with Crippen molar-refractivity contribution in [1.82, 2.24) is 5.32 Å². The van der Waals surface area contributed by atoms with Crippen LogP contribution >= 0.6 is 23.2 Å². The van der Waals surface area contributed by atoms with E-state index in [1.807, 2.05) is 0 Å². The molecular weight excluding hydrogens is 197 g/mol. The maximum atomic E-state index is 5.67. The predicted molar refractivity (Wildman–Crippen MR) is 51.6 cm³/mol. The first-order valence-electron chi connectivity index (χ1n) is 4.10. The molecule has 70 valence electrons. The SMILES string of the molecule is ClC=C(Cl)CO[C@H]1CCCNC1. The highest BCUT2D eigenvalue weighted by Crippen LogP contribution is 2.10. The largest absolute Gasteiger partial charge is 0.371 e. The molecule has 1 saturated heterocycles. The summed E-state index contributed by atoms with van der Waals surface area (Å²) in [4.78, 5) is 0. The van der Waals surface area contributed by atoms with Crippen molar-refractivity contribution >= 4 is 23.2 Å². The molecule has 2 nitrogen and oxygen atoms in total. The van der Waals surface area contributed by atoms with Crippen LogP contribution in [0.3, 0.4) is 0 Å². The summed E-state index contributed by atoms with van der Waals surface area (Å²) in [7, 11) is 0. The van der Waals surface area contributed by atoms with Crippen molar-refractivity contribution in [3.8, 4) is 0 Å². The van der Waals surface area contributed by atoms with Gasteiger partial charge in [-0.3, -0.25) is 0 Å². The third-order valence-electron chi connectivity index (χ3n) is 1.83. The number of nitrogens with one attached hydrogen (secondary N) is 1. The lowest BCUT2D eigenvalue weighted by molar-refractivity contribution is 0.0543. The van der Waals surface area contributed by atoms with Gasteiger partial charge in [0, 0.05) is 12.1 Å². The van der Waals surface area contributed by atoms with E-state index in [-0.39, 0.29) is 0 Å². The smallest absolute Gasteiger partial charge is 0.0836 e. The molecule has 1 aliphatic heterocycles. The fourth-order valence-electron chi connectivity index (χ4n) is 1.19. The Morgan fingerprint density at radius 1 is 1.67 bits per heavy atom. The van der Waals surface area contributed by atoms with Gasteiger partial charge < -0.3 is 10.1 Å². The minimum Gasteiger partial charge on any atom is -0.371 e. The zero-order valence-electron chi connectivity index (χ0n) is 6.85. The van der Waals surface area contributed by atoms with Crippen molar-refractivity contribution in [2.24, 2.45) is 0 Å². The second-order valence-electron chi connectivity index (χ2n) is 2.84. The van der Waals surface area contributed by atoms with Gasteiger partial charge in [-0.1, -0.05) is 23.2 Å². The molecule has 0 aromatic heterocycles. The molecule has 1 fully saturated rings. The van der Waals surface area contributed by atoms with Crippen LogP contribution in [0.1, 0.15) is 12.8 Å². The topological polar surface area (TPSA) is 21.3 Å². The summed E-state index contributed by atoms with van der Waals surface area (Å²) in [5.74, 6) is 0. The molecule has 1 rings (SSSR count). The first-order valence-corrected chi connectivity index (χ1v) is 4.91. The van der Waals surface area contributed by atoms with Gasteiger partial charge in [-0.2, -0.15) is 0 Å². The molecule has 1 atom stereocenters. The summed E-state index contributed by atoms with van der Waals surface area (Å²) in [6.45, 7) is 2.45. The predicted octanol–water partition coefficient (Wildman–Crippen LogP) is 2.07. The molecule has 0 aromatic rings. The van der Waals surface area contributed by atoms with Crippen molar-refractivity contribution in [3.63, 3.8) is 0 Å². The molecule has 12 heavy (non-hydrogen) atoms. The van der Waals surface area contributed by atoms with E-state index in [2.05, 4.69) is 5.32 Å². The normalized spacial score (nSPS) is 25.8. The van der Waals surface area contributed by atoms with Crippen molar-refractivity contribution in [3.05, 3.63) is 10.6 Å². The number of ether oxygens (including phenoxy) is 1. The van der Waals surface area contributed by atoms with Gasteiger partial charge in [0.25, 0.3) is 0 Å². The molecule has 1 heterocycles. The maximum Gasteiger partial charge on any atom is 0.0836 e. The van der Waals surface area contributed by atoms with Crippen molar-refractivity contribution in [2.45, 2.75) is 18.9 Å². The number of hydrogen-bond acceptors (Lipinski definition) is 2. The lowest BCUT2D eigenvalue weighted by Gasteiger charge is -2.22. The highest BCUT2D eigenvalue weighted by Gasteiger charge is 2.12. The first kappa shape index (κ1) is 10.3. The number of halogens is 2. The van der Waals surface area contributed by atoms with Crippen molar-refractivity contribution in [1.29, 1.82) is 0 Å². The molecule has 4 heteroatoms. The molecule has 0 saturated carbocycles. The second-order valence-corrected chi connectivity index (χ2v) is 3.54. The quantitative estimate of drug-likeness (QED) is 0.769. The molecule has 0 bridgehead atoms. The zero-order chi connectivity index (χ0) is 8.81. The van der Waals surface area contributed by atoms with E-state index in [9.17, 15) is 0 Å². The van der Waals surface area contributed by atoms with E-state index < -0.39 is 0 Å². The van der Waals surface area contributed by atoms with E-state index >= 15 is 0 Å². The van der Waals surface area contributed by atoms with Crippen LogP contribution in [0.2, 0.25) is 0 Å². The van der Waals surface area contributed by atoms with Crippen LogP contribution in [-0.4, -0.2) is 25.8 Å². The molecule has 0 amide bonds. The van der Waals surface area contributed by atoms with Crippen molar-refractivity contribution in [2.75, 3.05) is 19.7 Å². The van der Waals surface area contributed by atoms with Crippen LogP contribution in [0.5, 0.6) is 0 Å². The Hall–Kier alpha value is 0.240. The van der Waals surface area contributed by atoms with E-state index in [0.29, 0.717) is 17.7 Å². The number of hydrogen-bond donors (Lipinski definition) is 1. The lowest BCUT2D eigenvalue weighted by atomic mass is 10.1. The van der Waals surface area contributed by atoms with E-state index in [4.69, 9.17) is 27.9 Å². The fraction of sp³-hybridized carbons (Fsp3) is 0.750. The van der Waals surface area contributed by atoms with Crippen LogP contribution < -0.4 is 5.32 Å². The summed E-state index contributed by atoms with van der Waals surface area (Å²) in [6, 6.07) is 0. The monoisotopic (exact) mass is 209 g/mol. The number of rotatable bonds is 3. The Kier molecular flexibility index (Phi) is 5.00. The Labute approximate surface area is 82.9 Å². The molecule has 0 spiro atoms. The Bertz CT molecular complexity index is 155. The molecule has 0 unspecified atom stereocenters. The standard InChI is InChI=1S/C8H13Cl2NO/c9-4-7(10)6-12-8-2-1-3-11-5-8/h4,8,11H,1-3,5-6H2/t8-/m0/s1. The molecule has 0 aliphatic carbocycles. The fourth-order valence-corrected chi connectivity index (χ4v) is 1.32. The van der Waals surface area contributed by atoms with E-state index in [1.54, 1.807) is 0 Å². The van der Waals surface area contributed by atoms with Gasteiger partial charge in [0.2, 0.25) is 0 Å². The Morgan fingerprint density at radius 2 is 2.50 bits per heavy atom. The van der Waals surface area contributed by atoms with Crippen LogP contribution in [-0.2, 0) is 4.74 Å². The van der Waals surface area contributed by atoms with Gasteiger partial charge >= 0.3 is 0 Å². The maximum absolute atomic E-state index is 5.67. The first-order chi connectivity index (χ1) is 5.83. The van der Waals surface area contributed by atoms with Gasteiger partial charge in [-0.25, -0.2) is 0 Å². The van der Waals surface area contributed by atoms with Crippen LogP contribution in [0.4, 0.5) is 0 Å². The molecule has 0 aromatic carbocycles. The minimum absolute atomic E-state index is 0.295. The summed E-state index contributed by atoms with van der Waals surface area (Å²) in [5.41, 5.74) is 1.35. The molecular formula is C8H13Cl2NO. The van der Waals surface area contributed by atoms with Gasteiger partial charge in [0.15, 0.2) is 0 Å². The van der Waals surface area contributed by atoms with Gasteiger partial charge in [-0.05, 0) is 19.4 Å². The third kappa shape index (κ3) is 3.76. The zero-order valence-corrected chi connectivity index (χ0v) is 8.37. The average Bonchev–Trinajstić information content (AvgIpc) is 2.16. The highest BCUT2D eigenvalue weighted by atomic mass is 35.5. The Balaban J connectivity index is 2.13. The van der Waals surface area contributed by atoms with Crippen LogP contribution in [0, 0.1) is 0 Å². The minimum atomic E-state index is 0.295. The lowest BCUT2D eigenvalue weighted by Crippen LogP contribution is -2.35. The molecule has 1 N–H and O–H groups in total. The van der Waals surface area contributed by atoms with E-state index in [0.717, 1.165) is 19.5 Å². The average molecular weight is 210 g/mol. The highest BCUT2D eigenvalue weighted by molar-refractivity contribution is 6.36. The van der Waals surface area contributed by atoms with Crippen LogP contribution in [0.25, 0.3) is 0 Å². The van der Waals surface area contributed by atoms with Crippen molar-refractivity contribution < 1.29 is 4.74 Å². The van der Waals surface area contributed by atoms with Crippen LogP contribution in [0.15, 0.2) is 10.6 Å². The second kappa shape index (κ2) is 5.81. The molecule has 1 aliphatic rings. The van der Waals surface area contributed by atoms with Gasteiger partial charge in [-0.15, -0.1) is 0 Å². The number of piperidine rings is 1.